The summed E-state index contributed by atoms with van der Waals surface area (Å²) >= 11 is 1.58. The molecule has 0 aliphatic rings. The molecule has 182 valence electrons. The lowest BCUT2D eigenvalue weighted by Crippen LogP contribution is -2.26. The minimum atomic E-state index is -0.314. The molecule has 6 rings (SSSR count). The third kappa shape index (κ3) is 4.09. The number of aromatic nitrogens is 5. The first-order chi connectivity index (χ1) is 18.0. The fraction of sp³-hybridized carbons (Fsp3) is 0.107. The van der Waals surface area contributed by atoms with Crippen molar-refractivity contribution in [1.82, 2.24) is 24.5 Å². The molecule has 37 heavy (non-hydrogen) atoms. The van der Waals surface area contributed by atoms with E-state index in [0.29, 0.717) is 22.2 Å². The van der Waals surface area contributed by atoms with Crippen molar-refractivity contribution in [3.63, 3.8) is 0 Å². The Kier molecular flexibility index (Phi) is 5.61. The molecule has 0 unspecified atom stereocenters. The summed E-state index contributed by atoms with van der Waals surface area (Å²) in [6.07, 6.45) is 3.52. The van der Waals surface area contributed by atoms with E-state index in [4.69, 9.17) is 5.73 Å². The smallest absolute Gasteiger partial charge is 0.263 e. The van der Waals surface area contributed by atoms with E-state index in [2.05, 4.69) is 31.3 Å². The molecule has 0 radical (unpaired) electrons. The summed E-state index contributed by atoms with van der Waals surface area (Å²) in [6.45, 7) is 3.95. The summed E-state index contributed by atoms with van der Waals surface area (Å²) in [5, 5.41) is 5.90. The average Bonchev–Trinajstić information content (AvgIpc) is 3.34. The van der Waals surface area contributed by atoms with Crippen molar-refractivity contribution in [3.8, 4) is 16.1 Å². The Labute approximate surface area is 216 Å². The van der Waals surface area contributed by atoms with E-state index >= 15 is 0 Å². The van der Waals surface area contributed by atoms with E-state index in [1.165, 1.54) is 0 Å². The number of benzene rings is 2. The van der Waals surface area contributed by atoms with Gasteiger partial charge in [0.25, 0.3) is 5.56 Å². The van der Waals surface area contributed by atoms with E-state index in [0.717, 1.165) is 32.2 Å². The maximum atomic E-state index is 14.2. The minimum absolute atomic E-state index is 0.0980. The van der Waals surface area contributed by atoms with Crippen LogP contribution in [0.2, 0.25) is 0 Å². The second kappa shape index (κ2) is 9.11. The van der Waals surface area contributed by atoms with Crippen LogP contribution in [0.5, 0.6) is 0 Å². The molecule has 4 aromatic heterocycles. The number of anilines is 2. The third-order valence-corrected chi connectivity index (χ3v) is 7.19. The standard InChI is InChI=1S/C28H23N7OS/c1-16(32-26-25-21(12-7-13-30-25)33-28(29)34-26)22-14-18-8-6-11-20(23-15-31-17(2)37-23)24(18)27(36)35(22)19-9-4-3-5-10-19/h3-16H,1-2H3,(H3,29,32,33,34)/t16-/m0/s1. The van der Waals surface area contributed by atoms with Gasteiger partial charge in [0.05, 0.1) is 26.8 Å². The predicted octanol–water partition coefficient (Wildman–Crippen LogP) is 5.52. The second-order valence-electron chi connectivity index (χ2n) is 8.73. The molecule has 3 N–H and O–H groups in total. The van der Waals surface area contributed by atoms with Gasteiger partial charge in [-0.15, -0.1) is 11.3 Å². The number of nitrogens with one attached hydrogen (secondary N) is 1. The fourth-order valence-electron chi connectivity index (χ4n) is 4.60. The molecular weight excluding hydrogens is 482 g/mol. The lowest BCUT2D eigenvalue weighted by atomic mass is 10.0. The van der Waals surface area contributed by atoms with E-state index in [-0.39, 0.29) is 17.5 Å². The van der Waals surface area contributed by atoms with Crippen LogP contribution >= 0.6 is 11.3 Å². The number of fused-ring (bicyclic) bond motifs is 2. The summed E-state index contributed by atoms with van der Waals surface area (Å²) in [7, 11) is 0. The highest BCUT2D eigenvalue weighted by Crippen LogP contribution is 2.33. The molecule has 0 aliphatic heterocycles. The number of nitrogens with two attached hydrogens (primary N) is 1. The third-order valence-electron chi connectivity index (χ3n) is 6.25. The molecule has 1 atom stereocenters. The van der Waals surface area contributed by atoms with Crippen LogP contribution in [0.15, 0.2) is 83.9 Å². The van der Waals surface area contributed by atoms with Gasteiger partial charge in [0.15, 0.2) is 5.82 Å². The van der Waals surface area contributed by atoms with Gasteiger partial charge in [-0.1, -0.05) is 36.4 Å². The lowest BCUT2D eigenvalue weighted by molar-refractivity contribution is 0.774. The van der Waals surface area contributed by atoms with Crippen molar-refractivity contribution in [3.05, 3.63) is 100 Å². The van der Waals surface area contributed by atoms with Crippen LogP contribution in [0.25, 0.3) is 37.9 Å². The van der Waals surface area contributed by atoms with Gasteiger partial charge in [-0.05, 0) is 49.6 Å². The van der Waals surface area contributed by atoms with E-state index in [9.17, 15) is 4.79 Å². The first-order valence-corrected chi connectivity index (χ1v) is 12.6. The van der Waals surface area contributed by atoms with Crippen molar-refractivity contribution >= 4 is 44.9 Å². The Bertz CT molecular complexity index is 1830. The molecule has 6 aromatic rings. The SMILES string of the molecule is Cc1ncc(-c2cccc3cc([C@H](C)Nc4nc(N)nc5cccnc45)n(-c4ccccc4)c(=O)c23)s1. The van der Waals surface area contributed by atoms with Crippen LogP contribution in [0, 0.1) is 6.92 Å². The Morgan fingerprint density at radius 2 is 1.84 bits per heavy atom. The minimum Gasteiger partial charge on any atom is -0.368 e. The number of nitrogens with zero attached hydrogens (tertiary/aromatic N) is 5. The summed E-state index contributed by atoms with van der Waals surface area (Å²) in [6, 6.07) is 21.0. The maximum Gasteiger partial charge on any atom is 0.263 e. The van der Waals surface area contributed by atoms with Crippen LogP contribution in [0.1, 0.15) is 23.7 Å². The maximum absolute atomic E-state index is 14.2. The Morgan fingerprint density at radius 3 is 2.62 bits per heavy atom. The molecule has 0 bridgehead atoms. The zero-order valence-corrected chi connectivity index (χ0v) is 21.0. The van der Waals surface area contributed by atoms with Crippen LogP contribution in [-0.4, -0.2) is 24.5 Å². The number of nitrogen functional groups attached to an aromatic ring is 1. The van der Waals surface area contributed by atoms with Gasteiger partial charge >= 0.3 is 0 Å². The van der Waals surface area contributed by atoms with Gasteiger partial charge in [-0.25, -0.2) is 9.97 Å². The lowest BCUT2D eigenvalue weighted by Gasteiger charge is -2.22. The molecule has 2 aromatic carbocycles. The fourth-order valence-corrected chi connectivity index (χ4v) is 5.41. The molecule has 0 amide bonds. The highest BCUT2D eigenvalue weighted by atomic mass is 32.1. The van der Waals surface area contributed by atoms with Crippen LogP contribution in [0.3, 0.4) is 0 Å². The summed E-state index contributed by atoms with van der Waals surface area (Å²) in [5.74, 6) is 0.662. The molecule has 9 heteroatoms. The largest absolute Gasteiger partial charge is 0.368 e. The molecule has 4 heterocycles. The molecular formula is C28H23N7OS. The van der Waals surface area contributed by atoms with E-state index in [1.54, 1.807) is 28.2 Å². The summed E-state index contributed by atoms with van der Waals surface area (Å²) < 4.78 is 1.76. The number of pyridine rings is 2. The highest BCUT2D eigenvalue weighted by molar-refractivity contribution is 7.15. The Hall–Kier alpha value is -4.63. The van der Waals surface area contributed by atoms with Crippen molar-refractivity contribution < 1.29 is 0 Å². The average molecular weight is 506 g/mol. The van der Waals surface area contributed by atoms with Gasteiger partial charge < -0.3 is 11.1 Å². The second-order valence-corrected chi connectivity index (χ2v) is 9.96. The molecule has 0 fully saturated rings. The van der Waals surface area contributed by atoms with Crippen LogP contribution in [-0.2, 0) is 0 Å². The quantitative estimate of drug-likeness (QED) is 0.317. The molecule has 0 aliphatic carbocycles. The number of aryl methyl sites for hydroxylation is 1. The molecule has 0 spiro atoms. The topological polar surface area (TPSA) is 112 Å². The summed E-state index contributed by atoms with van der Waals surface area (Å²) in [5.41, 5.74) is 9.58. The van der Waals surface area contributed by atoms with Gasteiger partial charge in [0.2, 0.25) is 5.95 Å². The Balaban J connectivity index is 1.57. The number of hydrogen-bond donors (Lipinski definition) is 2. The predicted molar refractivity (Wildman–Crippen MR) is 149 cm³/mol. The molecule has 0 saturated carbocycles. The number of rotatable bonds is 5. The first-order valence-electron chi connectivity index (χ1n) is 11.8. The van der Waals surface area contributed by atoms with Crippen LogP contribution in [0.4, 0.5) is 11.8 Å². The van der Waals surface area contributed by atoms with Gasteiger partial charge in [0, 0.05) is 29.3 Å². The van der Waals surface area contributed by atoms with Crippen molar-refractivity contribution in [2.45, 2.75) is 19.9 Å². The number of hydrogen-bond acceptors (Lipinski definition) is 8. The van der Waals surface area contributed by atoms with E-state index < -0.39 is 0 Å². The molecule has 0 saturated heterocycles. The Morgan fingerprint density at radius 1 is 1.00 bits per heavy atom. The highest BCUT2D eigenvalue weighted by Gasteiger charge is 2.20. The van der Waals surface area contributed by atoms with Crippen molar-refractivity contribution in [2.24, 2.45) is 0 Å². The zero-order valence-electron chi connectivity index (χ0n) is 20.2. The van der Waals surface area contributed by atoms with Crippen molar-refractivity contribution in [1.29, 1.82) is 0 Å². The number of thiazole rings is 1. The zero-order chi connectivity index (χ0) is 25.5. The van der Waals surface area contributed by atoms with Crippen molar-refractivity contribution in [2.75, 3.05) is 11.1 Å². The van der Waals surface area contributed by atoms with Gasteiger partial charge in [-0.3, -0.25) is 14.3 Å². The monoisotopic (exact) mass is 505 g/mol. The summed E-state index contributed by atoms with van der Waals surface area (Å²) in [4.78, 5) is 32.7. The van der Waals surface area contributed by atoms with Gasteiger partial charge in [0.1, 0.15) is 5.52 Å². The van der Waals surface area contributed by atoms with E-state index in [1.807, 2.05) is 74.6 Å². The normalized spacial score (nSPS) is 12.2. The van der Waals surface area contributed by atoms with Crippen LogP contribution < -0.4 is 16.6 Å². The first kappa shape index (κ1) is 22.8. The molecule has 8 nitrogen and oxygen atoms in total. The number of para-hydroxylation sites is 1. The van der Waals surface area contributed by atoms with Gasteiger partial charge in [-0.2, -0.15) is 4.98 Å².